The molecule has 136 valence electrons. The summed E-state index contributed by atoms with van der Waals surface area (Å²) in [6, 6.07) is 4.83. The topological polar surface area (TPSA) is 88.1 Å². The molecule has 1 aromatic carbocycles. The van der Waals surface area contributed by atoms with E-state index in [1.807, 2.05) is 0 Å². The minimum absolute atomic E-state index is 0.0512. The molecule has 1 atom stereocenters. The number of ether oxygens (including phenoxy) is 4. The van der Waals surface area contributed by atoms with E-state index in [0.29, 0.717) is 23.5 Å². The molecule has 0 bridgehead atoms. The monoisotopic (exact) mass is 350 g/mol. The zero-order chi connectivity index (χ0) is 18.8. The fraction of sp³-hybridized carbons (Fsp3) is 0.389. The highest BCUT2D eigenvalue weighted by atomic mass is 16.7. The summed E-state index contributed by atoms with van der Waals surface area (Å²) in [5, 5.41) is 0. The van der Waals surface area contributed by atoms with Gasteiger partial charge in [-0.05, 0) is 24.6 Å². The van der Waals surface area contributed by atoms with Crippen molar-refractivity contribution in [3.05, 3.63) is 36.4 Å². The second-order valence-electron chi connectivity index (χ2n) is 5.14. The molecule has 0 amide bonds. The summed E-state index contributed by atoms with van der Waals surface area (Å²) >= 11 is 0. The van der Waals surface area contributed by atoms with Gasteiger partial charge in [0.1, 0.15) is 11.5 Å². The Morgan fingerprint density at radius 2 is 1.84 bits per heavy atom. The smallest absolute Gasteiger partial charge is 0.308 e. The van der Waals surface area contributed by atoms with Crippen LogP contribution in [0.2, 0.25) is 0 Å². The fourth-order valence-corrected chi connectivity index (χ4v) is 1.98. The van der Waals surface area contributed by atoms with Gasteiger partial charge in [-0.25, -0.2) is 0 Å². The molecule has 0 aliphatic rings. The second kappa shape index (κ2) is 10.1. The van der Waals surface area contributed by atoms with Gasteiger partial charge >= 0.3 is 17.9 Å². The highest BCUT2D eigenvalue weighted by Gasteiger charge is 2.17. The van der Waals surface area contributed by atoms with Gasteiger partial charge in [0.25, 0.3) is 0 Å². The quantitative estimate of drug-likeness (QED) is 0.293. The van der Waals surface area contributed by atoms with Gasteiger partial charge < -0.3 is 18.9 Å². The number of hydrogen-bond acceptors (Lipinski definition) is 7. The van der Waals surface area contributed by atoms with Gasteiger partial charge in [-0.15, -0.1) is 6.58 Å². The first-order chi connectivity index (χ1) is 11.8. The molecule has 0 saturated carbocycles. The van der Waals surface area contributed by atoms with Gasteiger partial charge in [0.15, 0.2) is 0 Å². The first-order valence-electron chi connectivity index (χ1n) is 7.71. The second-order valence-corrected chi connectivity index (χ2v) is 5.14. The number of benzene rings is 1. The van der Waals surface area contributed by atoms with E-state index in [1.54, 1.807) is 24.3 Å². The van der Waals surface area contributed by atoms with Crippen molar-refractivity contribution in [1.82, 2.24) is 0 Å². The average molecular weight is 350 g/mol. The summed E-state index contributed by atoms with van der Waals surface area (Å²) < 4.78 is 20.7. The summed E-state index contributed by atoms with van der Waals surface area (Å²) in [4.78, 5) is 33.2. The predicted molar refractivity (Wildman–Crippen MR) is 89.1 cm³/mol. The van der Waals surface area contributed by atoms with Crippen molar-refractivity contribution < 1.29 is 33.3 Å². The molecule has 1 unspecified atom stereocenters. The lowest BCUT2D eigenvalue weighted by molar-refractivity contribution is -0.164. The van der Waals surface area contributed by atoms with Crippen molar-refractivity contribution in [3.8, 4) is 11.5 Å². The van der Waals surface area contributed by atoms with E-state index in [0.717, 1.165) is 0 Å². The van der Waals surface area contributed by atoms with Gasteiger partial charge in [-0.1, -0.05) is 6.08 Å². The summed E-state index contributed by atoms with van der Waals surface area (Å²) in [5.41, 5.74) is 0.707. The van der Waals surface area contributed by atoms with Gasteiger partial charge in [-0.3, -0.25) is 14.4 Å². The van der Waals surface area contributed by atoms with Crippen LogP contribution in [-0.4, -0.2) is 30.8 Å². The van der Waals surface area contributed by atoms with Crippen LogP contribution in [-0.2, 0) is 30.3 Å². The zero-order valence-corrected chi connectivity index (χ0v) is 14.6. The van der Waals surface area contributed by atoms with Crippen molar-refractivity contribution in [2.45, 2.75) is 39.9 Å². The lowest BCUT2D eigenvalue weighted by Crippen LogP contribution is -2.25. The van der Waals surface area contributed by atoms with E-state index in [1.165, 1.54) is 20.8 Å². The Labute approximate surface area is 146 Å². The number of rotatable bonds is 9. The summed E-state index contributed by atoms with van der Waals surface area (Å²) in [7, 11) is 0. The van der Waals surface area contributed by atoms with Gasteiger partial charge in [-0.2, -0.15) is 0 Å². The molecular weight excluding hydrogens is 328 g/mol. The van der Waals surface area contributed by atoms with E-state index in [4.69, 9.17) is 18.9 Å². The molecule has 0 aromatic heterocycles. The predicted octanol–water partition coefficient (Wildman–Crippen LogP) is 2.56. The molecule has 1 rings (SSSR count). The van der Waals surface area contributed by atoms with Crippen LogP contribution in [0, 0.1) is 0 Å². The SMILES string of the molecule is C=CCc1cc(OC(C)=O)ccc1OC(CCOC(C)=O)OC(C)=O. The first kappa shape index (κ1) is 20.2. The minimum atomic E-state index is -0.917. The van der Waals surface area contributed by atoms with Crippen LogP contribution >= 0.6 is 0 Å². The maximum atomic E-state index is 11.2. The number of allylic oxidation sites excluding steroid dienone is 1. The van der Waals surface area contributed by atoms with Gasteiger partial charge in [0, 0.05) is 26.3 Å². The molecule has 0 saturated heterocycles. The molecule has 0 aliphatic carbocycles. The Morgan fingerprint density at radius 3 is 2.40 bits per heavy atom. The van der Waals surface area contributed by atoms with Crippen LogP contribution in [0.4, 0.5) is 0 Å². The summed E-state index contributed by atoms with van der Waals surface area (Å²) in [6.45, 7) is 7.59. The Bertz CT molecular complexity index is 636. The molecule has 0 aliphatic heterocycles. The van der Waals surface area contributed by atoms with Crippen LogP contribution in [0.15, 0.2) is 30.9 Å². The minimum Gasteiger partial charge on any atom is -0.466 e. The molecule has 0 spiro atoms. The van der Waals surface area contributed by atoms with Gasteiger partial charge in [0.2, 0.25) is 6.29 Å². The fourth-order valence-electron chi connectivity index (χ4n) is 1.98. The largest absolute Gasteiger partial charge is 0.466 e. The molecule has 0 radical (unpaired) electrons. The number of hydrogen-bond donors (Lipinski definition) is 0. The molecule has 0 N–H and O–H groups in total. The number of carbonyl (C=O) groups excluding carboxylic acids is 3. The van der Waals surface area contributed by atoms with Crippen LogP contribution < -0.4 is 9.47 Å². The highest BCUT2D eigenvalue weighted by Crippen LogP contribution is 2.27. The van der Waals surface area contributed by atoms with E-state index in [-0.39, 0.29) is 13.0 Å². The normalized spacial score (nSPS) is 11.2. The van der Waals surface area contributed by atoms with E-state index >= 15 is 0 Å². The summed E-state index contributed by atoms with van der Waals surface area (Å²) in [6.07, 6.45) is 1.39. The molecule has 25 heavy (non-hydrogen) atoms. The molecule has 1 aromatic rings. The van der Waals surface area contributed by atoms with Crippen LogP contribution in [0.5, 0.6) is 11.5 Å². The molecule has 7 nitrogen and oxygen atoms in total. The highest BCUT2D eigenvalue weighted by molar-refractivity contribution is 5.69. The van der Waals surface area contributed by atoms with Crippen LogP contribution in [0.25, 0.3) is 0 Å². The molecule has 0 fully saturated rings. The zero-order valence-electron chi connectivity index (χ0n) is 14.6. The molecule has 7 heteroatoms. The first-order valence-corrected chi connectivity index (χ1v) is 7.71. The van der Waals surface area contributed by atoms with E-state index in [9.17, 15) is 14.4 Å². The third kappa shape index (κ3) is 8.01. The maximum Gasteiger partial charge on any atom is 0.308 e. The Balaban J connectivity index is 2.92. The van der Waals surface area contributed by atoms with Crippen molar-refractivity contribution in [1.29, 1.82) is 0 Å². The number of esters is 3. The Kier molecular flexibility index (Phi) is 8.18. The third-order valence-corrected chi connectivity index (χ3v) is 2.87. The van der Waals surface area contributed by atoms with E-state index < -0.39 is 24.2 Å². The van der Waals surface area contributed by atoms with Crippen LogP contribution in [0.3, 0.4) is 0 Å². The third-order valence-electron chi connectivity index (χ3n) is 2.87. The Morgan fingerprint density at radius 1 is 1.12 bits per heavy atom. The van der Waals surface area contributed by atoms with Gasteiger partial charge in [0.05, 0.1) is 13.0 Å². The molecule has 0 heterocycles. The van der Waals surface area contributed by atoms with Crippen molar-refractivity contribution in [2.75, 3.05) is 6.61 Å². The lowest BCUT2D eigenvalue weighted by Gasteiger charge is -2.20. The van der Waals surface area contributed by atoms with E-state index in [2.05, 4.69) is 6.58 Å². The van der Waals surface area contributed by atoms with Crippen molar-refractivity contribution >= 4 is 17.9 Å². The lowest BCUT2D eigenvalue weighted by atomic mass is 10.1. The molecular formula is C18H22O7. The Hall–Kier alpha value is -2.83. The standard InChI is InChI=1S/C18H22O7/c1-5-6-15-11-16(23-13(3)20)7-8-17(15)25-18(24-14(4)21)9-10-22-12(2)19/h5,7-8,11,18H,1,6,9-10H2,2-4H3. The maximum absolute atomic E-state index is 11.2. The average Bonchev–Trinajstić information content (AvgIpc) is 2.48. The van der Waals surface area contributed by atoms with Crippen LogP contribution in [0.1, 0.15) is 32.8 Å². The van der Waals surface area contributed by atoms with Crippen molar-refractivity contribution in [3.63, 3.8) is 0 Å². The number of carbonyl (C=O) groups is 3. The van der Waals surface area contributed by atoms with Crippen molar-refractivity contribution in [2.24, 2.45) is 0 Å². The summed E-state index contributed by atoms with van der Waals surface area (Å²) in [5.74, 6) is -0.558.